The summed E-state index contributed by atoms with van der Waals surface area (Å²) in [7, 11) is 1.57. The predicted molar refractivity (Wildman–Crippen MR) is 128 cm³/mol. The lowest BCUT2D eigenvalue weighted by Gasteiger charge is -2.26. The number of benzene rings is 2. The van der Waals surface area contributed by atoms with Crippen LogP contribution in [0.25, 0.3) is 0 Å². The molecule has 1 aliphatic heterocycles. The first-order valence-electron chi connectivity index (χ1n) is 10.6. The van der Waals surface area contributed by atoms with Crippen LogP contribution in [0.2, 0.25) is 5.02 Å². The van der Waals surface area contributed by atoms with Crippen LogP contribution in [0.5, 0.6) is 11.5 Å². The Labute approximate surface area is 200 Å². The van der Waals surface area contributed by atoms with Gasteiger partial charge < -0.3 is 29.9 Å². The zero-order valence-corrected chi connectivity index (χ0v) is 19.2. The zero-order valence-electron chi connectivity index (χ0n) is 18.5. The van der Waals surface area contributed by atoms with E-state index in [1.54, 1.807) is 36.2 Å². The lowest BCUT2D eigenvalue weighted by Crippen LogP contribution is -2.44. The number of aliphatic hydroxyl groups excluding tert-OH is 1. The number of aromatic nitrogens is 2. The molecule has 0 aliphatic carbocycles. The molecule has 0 bridgehead atoms. The lowest BCUT2D eigenvalue weighted by molar-refractivity contribution is 0.0858. The number of halogens is 1. The average Bonchev–Trinajstić information content (AvgIpc) is 3.16. The van der Waals surface area contributed by atoms with Gasteiger partial charge in [-0.1, -0.05) is 29.8 Å². The van der Waals surface area contributed by atoms with Crippen LogP contribution in [0.4, 0.5) is 11.5 Å². The van der Waals surface area contributed by atoms with E-state index >= 15 is 0 Å². The van der Waals surface area contributed by atoms with Gasteiger partial charge in [-0.25, -0.2) is 4.79 Å². The highest BCUT2D eigenvalue weighted by Gasteiger charge is 2.36. The quantitative estimate of drug-likeness (QED) is 0.390. The molecule has 0 saturated carbocycles. The molecular formula is C23H25ClN4O6. The standard InChI is InChI=1S/C23H25ClN4O6/c1-26-20-19(21(31)27(23(26)32)9-11-33-12-10-29)28(14-15-5-7-16(24)8-6-15)22(25-20)34-18-4-2-3-17(30)13-18/h2-8,13,22,25,29-30H,9-12,14H2,1H3. The van der Waals surface area contributed by atoms with Crippen LogP contribution in [-0.2, 0) is 24.9 Å². The number of ether oxygens (including phenoxy) is 2. The molecule has 3 aromatic rings. The van der Waals surface area contributed by atoms with Crippen molar-refractivity contribution < 1.29 is 19.7 Å². The van der Waals surface area contributed by atoms with Gasteiger partial charge in [0.1, 0.15) is 23.0 Å². The van der Waals surface area contributed by atoms with Gasteiger partial charge in [-0.15, -0.1) is 0 Å². The maximum Gasteiger partial charge on any atom is 0.332 e. The highest BCUT2D eigenvalue weighted by molar-refractivity contribution is 6.30. The van der Waals surface area contributed by atoms with Gasteiger partial charge in [-0.3, -0.25) is 13.9 Å². The number of rotatable bonds is 9. The summed E-state index contributed by atoms with van der Waals surface area (Å²) in [5.41, 5.74) is 0.140. The van der Waals surface area contributed by atoms with E-state index in [4.69, 9.17) is 26.2 Å². The van der Waals surface area contributed by atoms with Crippen molar-refractivity contribution in [2.75, 3.05) is 30.0 Å². The van der Waals surface area contributed by atoms with Gasteiger partial charge in [0.15, 0.2) is 0 Å². The molecule has 0 fully saturated rings. The molecule has 2 aromatic carbocycles. The highest BCUT2D eigenvalue weighted by Crippen LogP contribution is 2.33. The Morgan fingerprint density at radius 3 is 2.59 bits per heavy atom. The molecule has 180 valence electrons. The van der Waals surface area contributed by atoms with Crippen molar-refractivity contribution in [1.82, 2.24) is 9.13 Å². The Morgan fingerprint density at radius 1 is 1.12 bits per heavy atom. The van der Waals surface area contributed by atoms with E-state index in [0.717, 1.165) is 10.1 Å². The average molecular weight is 489 g/mol. The minimum Gasteiger partial charge on any atom is -0.508 e. The molecule has 3 N–H and O–H groups in total. The third-order valence-electron chi connectivity index (χ3n) is 5.38. The maximum absolute atomic E-state index is 13.5. The summed E-state index contributed by atoms with van der Waals surface area (Å²) < 4.78 is 13.8. The number of hydrogen-bond acceptors (Lipinski definition) is 8. The molecule has 0 saturated heterocycles. The third kappa shape index (κ3) is 4.89. The van der Waals surface area contributed by atoms with Crippen LogP contribution in [0, 0.1) is 0 Å². The van der Waals surface area contributed by atoms with Crippen LogP contribution in [0.1, 0.15) is 5.56 Å². The van der Waals surface area contributed by atoms with Crippen molar-refractivity contribution in [1.29, 1.82) is 0 Å². The molecule has 10 nitrogen and oxygen atoms in total. The van der Waals surface area contributed by atoms with Crippen molar-refractivity contribution in [2.45, 2.75) is 19.4 Å². The number of aromatic hydroxyl groups is 1. The summed E-state index contributed by atoms with van der Waals surface area (Å²) in [6.45, 7) is 0.386. The van der Waals surface area contributed by atoms with E-state index in [0.29, 0.717) is 16.6 Å². The highest BCUT2D eigenvalue weighted by atomic mass is 35.5. The molecular weight excluding hydrogens is 464 g/mol. The topological polar surface area (TPSA) is 118 Å². The maximum atomic E-state index is 13.5. The summed E-state index contributed by atoms with van der Waals surface area (Å²) in [5.74, 6) is 0.741. The summed E-state index contributed by atoms with van der Waals surface area (Å²) in [5, 5.41) is 22.4. The van der Waals surface area contributed by atoms with E-state index in [-0.39, 0.29) is 44.3 Å². The normalized spacial score (nSPS) is 14.7. The monoisotopic (exact) mass is 488 g/mol. The number of nitrogens with one attached hydrogen (secondary N) is 1. The van der Waals surface area contributed by atoms with Crippen LogP contribution in [0.3, 0.4) is 0 Å². The number of hydrogen-bond donors (Lipinski definition) is 3. The molecule has 11 heteroatoms. The summed E-state index contributed by atoms with van der Waals surface area (Å²) in [6.07, 6.45) is -0.827. The van der Waals surface area contributed by atoms with Crippen molar-refractivity contribution >= 4 is 23.1 Å². The van der Waals surface area contributed by atoms with Gasteiger partial charge in [0.25, 0.3) is 11.9 Å². The fourth-order valence-corrected chi connectivity index (χ4v) is 3.86. The Morgan fingerprint density at radius 2 is 1.88 bits per heavy atom. The van der Waals surface area contributed by atoms with Crippen LogP contribution >= 0.6 is 11.6 Å². The molecule has 34 heavy (non-hydrogen) atoms. The SMILES string of the molecule is Cn1c2c(c(=O)n(CCOCCO)c1=O)N(Cc1ccc(Cl)cc1)C(Oc1cccc(O)c1)N2. The minimum atomic E-state index is -0.827. The van der Waals surface area contributed by atoms with Crippen molar-refractivity contribution in [3.05, 3.63) is 80.0 Å². The Balaban J connectivity index is 1.74. The third-order valence-corrected chi connectivity index (χ3v) is 5.63. The molecule has 0 amide bonds. The second-order valence-corrected chi connectivity index (χ2v) is 8.13. The number of anilines is 2. The van der Waals surface area contributed by atoms with Crippen LogP contribution in [0.15, 0.2) is 58.1 Å². The van der Waals surface area contributed by atoms with Crippen molar-refractivity contribution in [3.8, 4) is 11.5 Å². The summed E-state index contributed by atoms with van der Waals surface area (Å²) in [4.78, 5) is 28.1. The van der Waals surface area contributed by atoms with E-state index < -0.39 is 17.6 Å². The molecule has 2 heterocycles. The predicted octanol–water partition coefficient (Wildman–Crippen LogP) is 1.71. The number of nitrogens with zero attached hydrogens (tertiary/aromatic N) is 3. The Hall–Kier alpha value is -3.47. The Kier molecular flexibility index (Phi) is 7.11. The molecule has 0 radical (unpaired) electrons. The second kappa shape index (κ2) is 10.2. The molecule has 1 atom stereocenters. The first-order valence-corrected chi connectivity index (χ1v) is 11.0. The number of phenolic OH excluding ortho intramolecular Hbond substituents is 1. The molecule has 1 aromatic heterocycles. The fourth-order valence-electron chi connectivity index (χ4n) is 3.73. The van der Waals surface area contributed by atoms with E-state index in [9.17, 15) is 14.7 Å². The van der Waals surface area contributed by atoms with Crippen LogP contribution in [-0.4, -0.2) is 45.5 Å². The molecule has 1 unspecified atom stereocenters. The fraction of sp³-hybridized carbons (Fsp3) is 0.304. The summed E-state index contributed by atoms with van der Waals surface area (Å²) >= 11 is 6.02. The number of aliphatic hydroxyl groups is 1. The zero-order chi connectivity index (χ0) is 24.2. The first-order chi connectivity index (χ1) is 16.4. The molecule has 0 spiro atoms. The minimum absolute atomic E-state index is 0.0334. The van der Waals surface area contributed by atoms with E-state index in [1.165, 1.54) is 16.7 Å². The lowest BCUT2D eigenvalue weighted by atomic mass is 10.2. The molecule has 4 rings (SSSR count). The van der Waals surface area contributed by atoms with Crippen molar-refractivity contribution in [3.63, 3.8) is 0 Å². The van der Waals surface area contributed by atoms with Gasteiger partial charge in [0, 0.05) is 24.7 Å². The van der Waals surface area contributed by atoms with Gasteiger partial charge >= 0.3 is 5.69 Å². The Bertz CT molecular complexity index is 1270. The van der Waals surface area contributed by atoms with Gasteiger partial charge in [-0.05, 0) is 29.8 Å². The van der Waals surface area contributed by atoms with E-state index in [1.807, 2.05) is 12.1 Å². The van der Waals surface area contributed by atoms with Gasteiger partial charge in [0.2, 0.25) is 0 Å². The van der Waals surface area contributed by atoms with Crippen LogP contribution < -0.4 is 26.2 Å². The second-order valence-electron chi connectivity index (χ2n) is 7.70. The number of phenols is 1. The summed E-state index contributed by atoms with van der Waals surface area (Å²) in [6, 6.07) is 13.5. The largest absolute Gasteiger partial charge is 0.508 e. The first kappa shape index (κ1) is 23.7. The van der Waals surface area contributed by atoms with Crippen molar-refractivity contribution in [2.24, 2.45) is 7.05 Å². The van der Waals surface area contributed by atoms with E-state index in [2.05, 4.69) is 5.32 Å². The van der Waals surface area contributed by atoms with Gasteiger partial charge in [-0.2, -0.15) is 0 Å². The molecule has 1 aliphatic rings. The van der Waals surface area contributed by atoms with Gasteiger partial charge in [0.05, 0.1) is 26.4 Å². The smallest absolute Gasteiger partial charge is 0.332 e. The number of fused-ring (bicyclic) bond motifs is 1.